The fraction of sp³-hybridized carbons (Fsp3) is 0.0278. The van der Waals surface area contributed by atoms with Gasteiger partial charge >= 0.3 is 17.4 Å². The molecule has 0 atom stereocenters. The Hall–Kier alpha value is -7.20. The van der Waals surface area contributed by atoms with E-state index < -0.39 is 80.4 Å². The van der Waals surface area contributed by atoms with E-state index in [0.717, 1.165) is 22.9 Å². The Labute approximate surface area is 372 Å². The molecule has 0 amide bonds. The molecular weight excluding hydrogens is 927 g/mol. The molecular formula is C36H32CrN11O14S2. The van der Waals surface area contributed by atoms with Crippen molar-refractivity contribution in [1.82, 2.24) is 28.2 Å². The van der Waals surface area contributed by atoms with Gasteiger partial charge in [-0.2, -0.15) is 10.2 Å². The number of nitro benzene ring substituents is 1. The van der Waals surface area contributed by atoms with Crippen LogP contribution in [0.5, 0.6) is 11.6 Å². The summed E-state index contributed by atoms with van der Waals surface area (Å²) in [5, 5.41) is 75.9. The van der Waals surface area contributed by atoms with Gasteiger partial charge in [-0.05, 0) is 48.9 Å². The van der Waals surface area contributed by atoms with E-state index in [1.54, 1.807) is 60.7 Å². The zero-order valence-electron chi connectivity index (χ0n) is 33.3. The first kappa shape index (κ1) is 52.9. The van der Waals surface area contributed by atoms with E-state index in [1.165, 1.54) is 13.0 Å². The van der Waals surface area contributed by atoms with Crippen molar-refractivity contribution in [2.45, 2.75) is 11.8 Å². The smallest absolute Gasteiger partial charge is 0.870 e. The molecule has 64 heavy (non-hydrogen) atoms. The summed E-state index contributed by atoms with van der Waals surface area (Å²) in [5.74, 6) is -3.43. The van der Waals surface area contributed by atoms with E-state index in [-0.39, 0.29) is 69.7 Å². The maximum Gasteiger partial charge on any atom is 3.00 e. The molecule has 1 heterocycles. The van der Waals surface area contributed by atoms with E-state index in [1.807, 2.05) is 0 Å². The summed E-state index contributed by atoms with van der Waals surface area (Å²) in [5.41, 5.74) is -1.40. The van der Waals surface area contributed by atoms with Crippen LogP contribution in [0.1, 0.15) is 27.9 Å². The molecule has 0 saturated carbocycles. The molecule has 0 fully saturated rings. The molecule has 4 aromatic carbocycles. The Kier molecular flexibility index (Phi) is 17.2. The number of fused-ring (bicyclic) bond motifs is 2. The summed E-state index contributed by atoms with van der Waals surface area (Å²) >= 11 is 0. The number of ketones is 2. The van der Waals surface area contributed by atoms with E-state index >= 15 is 0 Å². The maximum atomic E-state index is 12.5. The number of rotatable bonds is 8. The number of nitro groups is 1. The number of hydrogen-bond donors (Lipinski definition) is 3. The van der Waals surface area contributed by atoms with Crippen molar-refractivity contribution in [3.05, 3.63) is 146 Å². The number of carbonyl (C=O) groups is 2. The number of allylic oxidation sites excluding steroid dienone is 2. The predicted octanol–water partition coefficient (Wildman–Crippen LogP) is 4.43. The maximum absolute atomic E-state index is 12.5. The van der Waals surface area contributed by atoms with Gasteiger partial charge in [0.05, 0.1) is 31.8 Å². The molecule has 7 rings (SSSR count). The fourth-order valence-electron chi connectivity index (χ4n) is 5.60. The third-order valence-corrected chi connectivity index (χ3v) is 10.1. The van der Waals surface area contributed by atoms with Crippen LogP contribution < -0.4 is 33.9 Å². The largest absolute Gasteiger partial charge is 3.00 e. The van der Waals surface area contributed by atoms with Crippen LogP contribution in [0.4, 0.5) is 22.7 Å². The standard InChI is InChI=1S/C20H11N3O7S.C16H13N5O7S.Cr.3H3N/c24-16-8-5-11-3-1-2-4-13(11)19(16)21-22-20-14-7-6-12(23(26)27)9-15(14)18(10-17(20)25)31(28,29)30;1-9-14(16(23)20(19-9)10-5-3-2-4-6-10)18-17-12-7-11(21(24)25)8-13(15(12)22)29(26,27)28;;;;/h1-10H,(H,28,29,30);2-8,22-23H,1H3,(H,26,27,28);;3*1H3/q-2;;+3;;;/p-1. The summed E-state index contributed by atoms with van der Waals surface area (Å²) < 4.78 is 69.5. The van der Waals surface area contributed by atoms with Gasteiger partial charge in [-0.1, -0.05) is 54.3 Å². The average Bonchev–Trinajstić information content (AvgIpc) is 3.48. The molecule has 1 radical (unpaired) electrons. The van der Waals surface area contributed by atoms with Crippen molar-refractivity contribution in [1.29, 1.82) is 0 Å². The van der Waals surface area contributed by atoms with Gasteiger partial charge in [0.25, 0.3) is 5.69 Å². The molecule has 12 N–H and O–H groups in total. The van der Waals surface area contributed by atoms with Gasteiger partial charge in [-0.25, -0.2) is 21.5 Å². The zero-order chi connectivity index (χ0) is 43.7. The third kappa shape index (κ3) is 11.1. The molecule has 0 saturated heterocycles. The van der Waals surface area contributed by atoms with Crippen molar-refractivity contribution in [2.24, 2.45) is 20.4 Å². The van der Waals surface area contributed by atoms with Crippen LogP contribution in [0.3, 0.4) is 0 Å². The minimum atomic E-state index is -5.29. The van der Waals surface area contributed by atoms with Gasteiger partial charge in [0.1, 0.15) is 37.3 Å². The first-order chi connectivity index (χ1) is 28.3. The second-order valence-corrected chi connectivity index (χ2v) is 14.9. The number of hydrogen-bond acceptors (Lipinski definition) is 20. The molecule has 25 nitrogen and oxygen atoms in total. The van der Waals surface area contributed by atoms with Crippen LogP contribution in [0, 0.1) is 27.5 Å². The van der Waals surface area contributed by atoms with Crippen LogP contribution in [0.25, 0.3) is 16.7 Å². The number of nitrogens with zero attached hydrogens (tertiary/aromatic N) is 8. The van der Waals surface area contributed by atoms with Crippen molar-refractivity contribution in [3.63, 3.8) is 0 Å². The van der Waals surface area contributed by atoms with E-state index in [4.69, 9.17) is 0 Å². The normalized spacial score (nSPS) is 14.1. The SMILES string of the molecule is Cc1nn(-c2ccccc2)c([O-])c1N=Nc1cc([N+](=O)[O-])cc(S(=O)(=O)[O-])c1[O-].O=C1C=Cc2ccccc2C1=NN=C1C(=O)C=C(S(=O)(=O)[O-])c2cc(N([O-])[O-])ccc21.[Cr+3].[NH4+].[NH4+].[NH4+]. The summed E-state index contributed by atoms with van der Waals surface area (Å²) in [6.07, 6.45) is 3.45. The molecule has 0 spiro atoms. The van der Waals surface area contributed by atoms with Crippen LogP contribution in [0.2, 0.25) is 0 Å². The monoisotopic (exact) mass is 958 g/mol. The molecule has 0 bridgehead atoms. The van der Waals surface area contributed by atoms with Gasteiger partial charge in [0.2, 0.25) is 11.6 Å². The number of non-ortho nitro benzene ring substituents is 1. The van der Waals surface area contributed by atoms with E-state index in [9.17, 15) is 66.3 Å². The van der Waals surface area contributed by atoms with Crippen LogP contribution >= 0.6 is 0 Å². The van der Waals surface area contributed by atoms with Crippen molar-refractivity contribution in [3.8, 4) is 17.3 Å². The topological polar surface area (TPSA) is 464 Å². The number of carbonyl (C=O) groups excluding carboxylic acids is 2. The predicted molar refractivity (Wildman–Crippen MR) is 222 cm³/mol. The van der Waals surface area contributed by atoms with E-state index in [0.29, 0.717) is 35.0 Å². The number of azo groups is 1. The van der Waals surface area contributed by atoms with Crippen molar-refractivity contribution >= 4 is 77.0 Å². The van der Waals surface area contributed by atoms with Gasteiger partial charge in [0, 0.05) is 46.5 Å². The van der Waals surface area contributed by atoms with Gasteiger partial charge < -0.3 is 53.4 Å². The summed E-state index contributed by atoms with van der Waals surface area (Å²) in [4.78, 5) is 32.5. The Morgan fingerprint density at radius 3 is 1.94 bits per heavy atom. The summed E-state index contributed by atoms with van der Waals surface area (Å²) in [6.45, 7) is 1.45. The molecule has 0 unspecified atom stereocenters. The number of aromatic nitrogens is 2. The molecule has 1 aromatic heterocycles. The number of para-hydroxylation sites is 1. The molecule has 2 aliphatic carbocycles. The zero-order valence-corrected chi connectivity index (χ0v) is 36.2. The van der Waals surface area contributed by atoms with Gasteiger partial charge in [-0.15, -0.1) is 15.3 Å². The summed E-state index contributed by atoms with van der Waals surface area (Å²) in [6, 6.07) is 19.3. The number of aryl methyl sites for hydroxylation is 1. The third-order valence-electron chi connectivity index (χ3n) is 8.36. The molecule has 2 aliphatic rings. The Balaban J connectivity index is 0.000000415. The van der Waals surface area contributed by atoms with Crippen molar-refractivity contribution in [2.75, 3.05) is 5.23 Å². The second kappa shape index (κ2) is 20.8. The number of benzene rings is 4. The molecule has 333 valence electrons. The van der Waals surface area contributed by atoms with Crippen LogP contribution in [-0.2, 0) is 47.2 Å². The van der Waals surface area contributed by atoms with Crippen molar-refractivity contribution < 1.29 is 68.0 Å². The Morgan fingerprint density at radius 2 is 1.34 bits per heavy atom. The molecule has 5 aromatic rings. The fourth-order valence-corrected chi connectivity index (χ4v) is 6.89. The average molecular weight is 959 g/mol. The van der Waals surface area contributed by atoms with Gasteiger partial charge in [0.15, 0.2) is 0 Å². The quantitative estimate of drug-likeness (QED) is 0.0838. The van der Waals surface area contributed by atoms with Crippen LogP contribution in [0.15, 0.2) is 122 Å². The first-order valence-corrected chi connectivity index (χ1v) is 19.3. The first-order valence-electron chi connectivity index (χ1n) is 16.4. The minimum Gasteiger partial charge on any atom is -0.870 e. The minimum absolute atomic E-state index is 0. The molecule has 0 aliphatic heterocycles. The Bertz CT molecular complexity index is 3030. The van der Waals surface area contributed by atoms with Crippen LogP contribution in [-0.4, -0.2) is 63.6 Å². The van der Waals surface area contributed by atoms with Gasteiger partial charge in [-0.3, -0.25) is 19.7 Å². The molecule has 28 heteroatoms. The summed E-state index contributed by atoms with van der Waals surface area (Å²) in [7, 11) is -10.4. The Morgan fingerprint density at radius 1 is 0.734 bits per heavy atom. The second-order valence-electron chi connectivity index (χ2n) is 12.2. The number of anilines is 1. The van der Waals surface area contributed by atoms with E-state index in [2.05, 4.69) is 25.5 Å². The number of quaternary nitrogens is 3.